The smallest absolute Gasteiger partial charge is 0.249 e. The van der Waals surface area contributed by atoms with Gasteiger partial charge in [0.05, 0.1) is 6.21 Å². The Kier molecular flexibility index (Phi) is 7.75. The highest BCUT2D eigenvalue weighted by Crippen LogP contribution is 2.16. The summed E-state index contributed by atoms with van der Waals surface area (Å²) in [6.45, 7) is 10.0. The van der Waals surface area contributed by atoms with Gasteiger partial charge < -0.3 is 10.2 Å². The Morgan fingerprint density at radius 2 is 1.68 bits per heavy atom. The normalized spacial score (nSPS) is 10.7. The van der Waals surface area contributed by atoms with Crippen molar-refractivity contribution in [2.75, 3.05) is 23.3 Å². The van der Waals surface area contributed by atoms with E-state index >= 15 is 0 Å². The summed E-state index contributed by atoms with van der Waals surface area (Å²) < 4.78 is 0. The monoisotopic (exact) mass is 380 g/mol. The van der Waals surface area contributed by atoms with Gasteiger partial charge in [-0.25, -0.2) is 5.43 Å². The third-order valence-electron chi connectivity index (χ3n) is 4.40. The van der Waals surface area contributed by atoms with Crippen molar-refractivity contribution in [2.24, 2.45) is 5.10 Å². The second-order valence-corrected chi connectivity index (χ2v) is 6.60. The molecule has 0 unspecified atom stereocenters. The summed E-state index contributed by atoms with van der Waals surface area (Å²) in [5.41, 5.74) is 7.19. The van der Waals surface area contributed by atoms with Crippen LogP contribution in [0.4, 0.5) is 11.4 Å². The Morgan fingerprint density at radius 1 is 1.00 bits per heavy atom. The van der Waals surface area contributed by atoms with Crippen molar-refractivity contribution in [3.05, 3.63) is 59.2 Å². The lowest BCUT2D eigenvalue weighted by Crippen LogP contribution is -2.24. The zero-order valence-corrected chi connectivity index (χ0v) is 17.0. The topological polar surface area (TPSA) is 73.8 Å². The van der Waals surface area contributed by atoms with Gasteiger partial charge in [-0.2, -0.15) is 5.10 Å². The van der Waals surface area contributed by atoms with Crippen molar-refractivity contribution < 1.29 is 9.59 Å². The first-order valence-corrected chi connectivity index (χ1v) is 9.47. The zero-order valence-electron chi connectivity index (χ0n) is 17.0. The molecule has 0 fully saturated rings. The molecule has 0 aromatic heterocycles. The number of hydrogen-bond donors (Lipinski definition) is 2. The van der Waals surface area contributed by atoms with Crippen molar-refractivity contribution in [2.45, 2.75) is 34.1 Å². The minimum atomic E-state index is -0.460. The van der Waals surface area contributed by atoms with Gasteiger partial charge >= 0.3 is 0 Å². The third-order valence-corrected chi connectivity index (χ3v) is 4.40. The fourth-order valence-electron chi connectivity index (χ4n) is 2.87. The highest BCUT2D eigenvalue weighted by molar-refractivity contribution is 6.04. The second kappa shape index (κ2) is 10.3. The molecule has 6 heteroatoms. The predicted octanol–water partition coefficient (Wildman–Crippen LogP) is 3.63. The molecule has 0 aliphatic heterocycles. The average Bonchev–Trinajstić information content (AvgIpc) is 2.66. The number of anilines is 2. The second-order valence-electron chi connectivity index (χ2n) is 6.60. The Morgan fingerprint density at radius 3 is 2.29 bits per heavy atom. The summed E-state index contributed by atoms with van der Waals surface area (Å²) in [7, 11) is 0. The van der Waals surface area contributed by atoms with Gasteiger partial charge in [0.2, 0.25) is 11.8 Å². The number of aryl methyl sites for hydroxylation is 2. The van der Waals surface area contributed by atoms with E-state index in [9.17, 15) is 9.59 Å². The quantitative estimate of drug-likeness (QED) is 0.417. The number of nitrogens with one attached hydrogen (secondary N) is 2. The summed E-state index contributed by atoms with van der Waals surface area (Å²) in [5, 5.41) is 6.68. The molecule has 2 rings (SSSR count). The summed E-state index contributed by atoms with van der Waals surface area (Å²) in [5.74, 6) is -0.832. The first kappa shape index (κ1) is 21.2. The molecule has 0 heterocycles. The van der Waals surface area contributed by atoms with Gasteiger partial charge in [-0.05, 0) is 57.0 Å². The van der Waals surface area contributed by atoms with Crippen LogP contribution in [0.2, 0.25) is 0 Å². The van der Waals surface area contributed by atoms with E-state index in [1.165, 1.54) is 0 Å². The van der Waals surface area contributed by atoms with Crippen LogP contribution in [-0.2, 0) is 9.59 Å². The number of hydrogen-bond acceptors (Lipinski definition) is 4. The first-order chi connectivity index (χ1) is 13.4. The molecular weight excluding hydrogens is 352 g/mol. The summed E-state index contributed by atoms with van der Waals surface area (Å²) >= 11 is 0. The van der Waals surface area contributed by atoms with Crippen molar-refractivity contribution in [3.8, 4) is 0 Å². The summed E-state index contributed by atoms with van der Waals surface area (Å²) in [6.07, 6.45) is 1.28. The molecule has 0 spiro atoms. The van der Waals surface area contributed by atoms with Crippen molar-refractivity contribution in [1.82, 2.24) is 5.43 Å². The third kappa shape index (κ3) is 6.23. The van der Waals surface area contributed by atoms with E-state index in [0.717, 1.165) is 35.5 Å². The molecule has 148 valence electrons. The molecular formula is C22H28N4O2. The van der Waals surface area contributed by atoms with E-state index in [1.807, 2.05) is 56.3 Å². The Labute approximate surface area is 166 Å². The minimum absolute atomic E-state index is 0.286. The Balaban J connectivity index is 1.83. The van der Waals surface area contributed by atoms with Gasteiger partial charge in [-0.1, -0.05) is 29.8 Å². The van der Waals surface area contributed by atoms with E-state index < -0.39 is 5.91 Å². The largest absolute Gasteiger partial charge is 0.372 e. The average molecular weight is 380 g/mol. The molecule has 2 aromatic rings. The lowest BCUT2D eigenvalue weighted by atomic mass is 10.1. The molecule has 0 atom stereocenters. The van der Waals surface area contributed by atoms with E-state index in [0.29, 0.717) is 5.69 Å². The van der Waals surface area contributed by atoms with Crippen molar-refractivity contribution in [1.29, 1.82) is 0 Å². The molecule has 2 N–H and O–H groups in total. The highest BCUT2D eigenvalue weighted by Gasteiger charge is 2.10. The van der Waals surface area contributed by atoms with Crippen LogP contribution in [0.1, 0.15) is 37.0 Å². The Bertz CT molecular complexity index is 840. The van der Waals surface area contributed by atoms with Gasteiger partial charge in [0, 0.05) is 24.5 Å². The number of amides is 2. The van der Waals surface area contributed by atoms with E-state index in [-0.39, 0.29) is 12.3 Å². The maximum atomic E-state index is 12.0. The maximum absolute atomic E-state index is 12.0. The highest BCUT2D eigenvalue weighted by atomic mass is 16.2. The molecule has 0 radical (unpaired) electrons. The van der Waals surface area contributed by atoms with Crippen LogP contribution in [0.25, 0.3) is 0 Å². The van der Waals surface area contributed by atoms with Crippen LogP contribution in [0.5, 0.6) is 0 Å². The van der Waals surface area contributed by atoms with Crippen molar-refractivity contribution >= 4 is 29.4 Å². The number of carbonyl (C=O) groups is 2. The molecule has 6 nitrogen and oxygen atoms in total. The maximum Gasteiger partial charge on any atom is 0.249 e. The van der Waals surface area contributed by atoms with E-state index in [4.69, 9.17) is 0 Å². The number of nitrogens with zero attached hydrogens (tertiary/aromatic N) is 2. The minimum Gasteiger partial charge on any atom is -0.372 e. The summed E-state index contributed by atoms with van der Waals surface area (Å²) in [4.78, 5) is 26.2. The van der Waals surface area contributed by atoms with Gasteiger partial charge in [0.1, 0.15) is 6.42 Å². The molecule has 2 amide bonds. The standard InChI is InChI=1S/C22H28N4O2/c1-5-26(6-2)19-10-8-18(9-11-19)15-23-25-22(28)14-21(27)24-20-12-7-16(3)13-17(20)4/h7-13,15H,5-6,14H2,1-4H3,(H,24,27)(H,25,28). The zero-order chi connectivity index (χ0) is 20.5. The number of hydrazone groups is 1. The van der Waals surface area contributed by atoms with Gasteiger partial charge in [-0.15, -0.1) is 0 Å². The van der Waals surface area contributed by atoms with Crippen LogP contribution < -0.4 is 15.6 Å². The van der Waals surface area contributed by atoms with Crippen LogP contribution >= 0.6 is 0 Å². The van der Waals surface area contributed by atoms with Gasteiger partial charge in [0.15, 0.2) is 0 Å². The lowest BCUT2D eigenvalue weighted by Gasteiger charge is -2.20. The molecule has 2 aromatic carbocycles. The number of benzene rings is 2. The molecule has 0 saturated heterocycles. The first-order valence-electron chi connectivity index (χ1n) is 9.47. The lowest BCUT2D eigenvalue weighted by molar-refractivity contribution is -0.126. The molecule has 0 aliphatic rings. The molecule has 0 saturated carbocycles. The summed E-state index contributed by atoms with van der Waals surface area (Å²) in [6, 6.07) is 13.7. The van der Waals surface area contributed by atoms with E-state index in [1.54, 1.807) is 6.21 Å². The van der Waals surface area contributed by atoms with Gasteiger partial charge in [-0.3, -0.25) is 9.59 Å². The van der Waals surface area contributed by atoms with Gasteiger partial charge in [0.25, 0.3) is 0 Å². The molecule has 0 aliphatic carbocycles. The number of rotatable bonds is 8. The fourth-order valence-corrected chi connectivity index (χ4v) is 2.87. The van der Waals surface area contributed by atoms with E-state index in [2.05, 4.69) is 34.6 Å². The van der Waals surface area contributed by atoms with Crippen LogP contribution in [0.3, 0.4) is 0 Å². The Hall–Kier alpha value is -3.15. The van der Waals surface area contributed by atoms with Crippen LogP contribution in [0.15, 0.2) is 47.6 Å². The SMILES string of the molecule is CCN(CC)c1ccc(C=NNC(=O)CC(=O)Nc2ccc(C)cc2C)cc1. The number of carbonyl (C=O) groups excluding carboxylic acids is 2. The molecule has 0 bridgehead atoms. The van der Waals surface area contributed by atoms with Crippen LogP contribution in [0, 0.1) is 13.8 Å². The van der Waals surface area contributed by atoms with Crippen LogP contribution in [-0.4, -0.2) is 31.1 Å². The predicted molar refractivity (Wildman–Crippen MR) is 115 cm³/mol. The fraction of sp³-hybridized carbons (Fsp3) is 0.318. The van der Waals surface area contributed by atoms with Crippen molar-refractivity contribution in [3.63, 3.8) is 0 Å². The molecule has 28 heavy (non-hydrogen) atoms.